The first-order valence-electron chi connectivity index (χ1n) is 8.70. The molecule has 0 spiro atoms. The van der Waals surface area contributed by atoms with Gasteiger partial charge < -0.3 is 10.1 Å². The molecular weight excluding hydrogens is 349 g/mol. The molecule has 0 aliphatic heterocycles. The lowest BCUT2D eigenvalue weighted by molar-refractivity contribution is -0.125. The summed E-state index contributed by atoms with van der Waals surface area (Å²) in [5, 5.41) is 2.56. The number of nitrogens with one attached hydrogen (secondary N) is 1. The zero-order valence-electron chi connectivity index (χ0n) is 14.9. The smallest absolute Gasteiger partial charge is 0.408 e. The van der Waals surface area contributed by atoms with E-state index < -0.39 is 24.6 Å². The van der Waals surface area contributed by atoms with Crippen molar-refractivity contribution in [3.05, 3.63) is 71.8 Å². The summed E-state index contributed by atoms with van der Waals surface area (Å²) in [5.41, 5.74) is 1.68. The molecule has 2 aromatic carbocycles. The van der Waals surface area contributed by atoms with Gasteiger partial charge in [-0.3, -0.25) is 9.59 Å². The van der Waals surface area contributed by atoms with Crippen molar-refractivity contribution in [1.29, 1.82) is 0 Å². The van der Waals surface area contributed by atoms with Gasteiger partial charge in [-0.2, -0.15) is 0 Å². The predicted octanol–water partition coefficient (Wildman–Crippen LogP) is 3.41. The Labute approximate surface area is 157 Å². The third-order valence-electron chi connectivity index (χ3n) is 3.98. The first-order chi connectivity index (χ1) is 13.1. The summed E-state index contributed by atoms with van der Waals surface area (Å²) in [4.78, 5) is 35.7. The molecule has 0 saturated carbocycles. The SMILES string of the molecule is O=C(CF)CCC(=O)[C@H](Cc1ccccc1)NC(=O)OCc1ccccc1. The fourth-order valence-corrected chi connectivity index (χ4v) is 2.51. The van der Waals surface area contributed by atoms with Crippen LogP contribution in [0.1, 0.15) is 24.0 Å². The Bertz CT molecular complexity index is 749. The van der Waals surface area contributed by atoms with E-state index in [9.17, 15) is 18.8 Å². The Balaban J connectivity index is 1.96. The van der Waals surface area contributed by atoms with E-state index >= 15 is 0 Å². The van der Waals surface area contributed by atoms with Crippen LogP contribution in [0.3, 0.4) is 0 Å². The van der Waals surface area contributed by atoms with Gasteiger partial charge in [-0.25, -0.2) is 9.18 Å². The fraction of sp³-hybridized carbons (Fsp3) is 0.286. The summed E-state index contributed by atoms with van der Waals surface area (Å²) in [6, 6.07) is 17.5. The summed E-state index contributed by atoms with van der Waals surface area (Å²) in [5.74, 6) is -0.967. The molecule has 142 valence electrons. The second-order valence-corrected chi connectivity index (χ2v) is 6.09. The number of ether oxygens (including phenoxy) is 1. The van der Waals surface area contributed by atoms with Crippen LogP contribution in [0, 0.1) is 0 Å². The molecule has 6 heteroatoms. The molecule has 0 aromatic heterocycles. The van der Waals surface area contributed by atoms with Crippen molar-refractivity contribution in [1.82, 2.24) is 5.32 Å². The molecule has 0 unspecified atom stereocenters. The van der Waals surface area contributed by atoms with Gasteiger partial charge in [-0.15, -0.1) is 0 Å². The van der Waals surface area contributed by atoms with Gasteiger partial charge in [-0.1, -0.05) is 60.7 Å². The molecule has 0 aliphatic carbocycles. The number of Topliss-reactive ketones (excluding diaryl/α,β-unsaturated/α-hetero) is 2. The van der Waals surface area contributed by atoms with E-state index in [0.717, 1.165) is 11.1 Å². The average molecular weight is 371 g/mol. The highest BCUT2D eigenvalue weighted by Gasteiger charge is 2.22. The topological polar surface area (TPSA) is 72.5 Å². The van der Waals surface area contributed by atoms with E-state index in [1.807, 2.05) is 60.7 Å². The first kappa shape index (κ1) is 20.3. The Morgan fingerprint density at radius 3 is 2.07 bits per heavy atom. The minimum Gasteiger partial charge on any atom is -0.445 e. The molecule has 0 saturated heterocycles. The van der Waals surface area contributed by atoms with E-state index in [0.29, 0.717) is 0 Å². The van der Waals surface area contributed by atoms with Crippen molar-refractivity contribution in [2.45, 2.75) is 31.9 Å². The summed E-state index contributed by atoms with van der Waals surface area (Å²) in [6.45, 7) is -1.01. The number of amides is 1. The summed E-state index contributed by atoms with van der Waals surface area (Å²) < 4.78 is 17.5. The van der Waals surface area contributed by atoms with Crippen molar-refractivity contribution in [2.24, 2.45) is 0 Å². The van der Waals surface area contributed by atoms with Crippen LogP contribution in [-0.4, -0.2) is 30.4 Å². The number of ketones is 2. The minimum atomic E-state index is -1.09. The van der Waals surface area contributed by atoms with E-state index in [-0.39, 0.29) is 31.7 Å². The lowest BCUT2D eigenvalue weighted by atomic mass is 9.99. The van der Waals surface area contributed by atoms with Crippen LogP contribution in [0.4, 0.5) is 9.18 Å². The van der Waals surface area contributed by atoms with Crippen molar-refractivity contribution in [2.75, 3.05) is 6.67 Å². The number of carbonyl (C=O) groups is 3. The maximum absolute atomic E-state index is 12.4. The van der Waals surface area contributed by atoms with Crippen LogP contribution < -0.4 is 5.32 Å². The van der Waals surface area contributed by atoms with Crippen molar-refractivity contribution >= 4 is 17.7 Å². The van der Waals surface area contributed by atoms with Gasteiger partial charge >= 0.3 is 6.09 Å². The maximum atomic E-state index is 12.4. The van der Waals surface area contributed by atoms with E-state index in [2.05, 4.69) is 5.32 Å². The second-order valence-electron chi connectivity index (χ2n) is 6.09. The second kappa shape index (κ2) is 10.9. The monoisotopic (exact) mass is 371 g/mol. The number of rotatable bonds is 10. The van der Waals surface area contributed by atoms with Gasteiger partial charge in [0.25, 0.3) is 0 Å². The Hall–Kier alpha value is -3.02. The van der Waals surface area contributed by atoms with Gasteiger partial charge in [-0.05, 0) is 17.5 Å². The molecule has 0 fully saturated rings. The molecule has 0 bridgehead atoms. The Morgan fingerprint density at radius 1 is 0.889 bits per heavy atom. The van der Waals surface area contributed by atoms with Crippen LogP contribution in [0.25, 0.3) is 0 Å². The number of alkyl carbamates (subject to hydrolysis) is 1. The number of carbonyl (C=O) groups excluding carboxylic acids is 3. The molecule has 0 radical (unpaired) electrons. The molecule has 1 N–H and O–H groups in total. The van der Waals surface area contributed by atoms with Crippen LogP contribution in [-0.2, 0) is 27.4 Å². The van der Waals surface area contributed by atoms with Crippen LogP contribution in [0.15, 0.2) is 60.7 Å². The Kier molecular flexibility index (Phi) is 8.16. The third kappa shape index (κ3) is 7.40. The van der Waals surface area contributed by atoms with E-state index in [4.69, 9.17) is 4.74 Å². The maximum Gasteiger partial charge on any atom is 0.408 e. The van der Waals surface area contributed by atoms with Crippen LogP contribution in [0.2, 0.25) is 0 Å². The highest BCUT2D eigenvalue weighted by atomic mass is 19.1. The quantitative estimate of drug-likeness (QED) is 0.695. The van der Waals surface area contributed by atoms with Crippen molar-refractivity contribution in [3.63, 3.8) is 0 Å². The number of benzene rings is 2. The molecule has 1 amide bonds. The Morgan fingerprint density at radius 2 is 1.48 bits per heavy atom. The lowest BCUT2D eigenvalue weighted by Crippen LogP contribution is -2.42. The van der Waals surface area contributed by atoms with E-state index in [1.165, 1.54) is 0 Å². The zero-order chi connectivity index (χ0) is 19.5. The summed E-state index contributed by atoms with van der Waals surface area (Å²) in [7, 11) is 0. The molecule has 27 heavy (non-hydrogen) atoms. The van der Waals surface area contributed by atoms with Gasteiger partial charge in [0.1, 0.15) is 13.3 Å². The third-order valence-corrected chi connectivity index (χ3v) is 3.98. The number of alkyl halides is 1. The highest BCUT2D eigenvalue weighted by Crippen LogP contribution is 2.08. The number of hydrogen-bond acceptors (Lipinski definition) is 4. The molecule has 1 atom stereocenters. The predicted molar refractivity (Wildman–Crippen MR) is 98.9 cm³/mol. The fourth-order valence-electron chi connectivity index (χ4n) is 2.51. The van der Waals surface area contributed by atoms with Gasteiger partial charge in [0.2, 0.25) is 0 Å². The largest absolute Gasteiger partial charge is 0.445 e. The molecule has 5 nitrogen and oxygen atoms in total. The standard InChI is InChI=1S/C21H22FNO4/c22-14-18(24)11-12-20(25)19(13-16-7-3-1-4-8-16)23-21(26)27-15-17-9-5-2-6-10-17/h1-10,19H,11-15H2,(H,23,26)/t19-/m0/s1. The van der Waals surface area contributed by atoms with Crippen LogP contribution in [0.5, 0.6) is 0 Å². The minimum absolute atomic E-state index is 0.0826. The van der Waals surface area contributed by atoms with Gasteiger partial charge in [0.15, 0.2) is 11.6 Å². The normalized spacial score (nSPS) is 11.4. The van der Waals surface area contributed by atoms with Crippen molar-refractivity contribution in [3.8, 4) is 0 Å². The molecule has 0 heterocycles. The number of hydrogen-bond donors (Lipinski definition) is 1. The number of halogens is 1. The summed E-state index contributed by atoms with van der Waals surface area (Å²) in [6.07, 6.45) is -0.755. The van der Waals surface area contributed by atoms with Crippen molar-refractivity contribution < 1.29 is 23.5 Å². The average Bonchev–Trinajstić information content (AvgIpc) is 2.71. The molecule has 2 rings (SSSR count). The highest BCUT2D eigenvalue weighted by molar-refractivity contribution is 5.91. The molecule has 2 aromatic rings. The van der Waals surface area contributed by atoms with Gasteiger partial charge in [0, 0.05) is 12.8 Å². The first-order valence-corrected chi connectivity index (χ1v) is 8.70. The van der Waals surface area contributed by atoms with Gasteiger partial charge in [0.05, 0.1) is 6.04 Å². The summed E-state index contributed by atoms with van der Waals surface area (Å²) >= 11 is 0. The lowest BCUT2D eigenvalue weighted by Gasteiger charge is -2.18. The van der Waals surface area contributed by atoms with E-state index in [1.54, 1.807) is 0 Å². The zero-order valence-corrected chi connectivity index (χ0v) is 14.9. The van der Waals surface area contributed by atoms with Crippen LogP contribution >= 0.6 is 0 Å². The molecule has 0 aliphatic rings. The molecular formula is C21H22FNO4.